The Balaban J connectivity index is 1.41. The van der Waals surface area contributed by atoms with E-state index in [0.717, 1.165) is 66.8 Å². The van der Waals surface area contributed by atoms with Gasteiger partial charge in [-0.3, -0.25) is 4.98 Å². The quantitative estimate of drug-likeness (QED) is 0.639. The minimum atomic E-state index is -0.444. The summed E-state index contributed by atoms with van der Waals surface area (Å²) in [6.07, 6.45) is 4.84. The molecule has 0 saturated carbocycles. The number of nitrogens with zero attached hydrogens (tertiary/aromatic N) is 4. The summed E-state index contributed by atoms with van der Waals surface area (Å²) < 4.78 is 6.54. The van der Waals surface area contributed by atoms with Crippen molar-refractivity contribution in [1.29, 1.82) is 0 Å². The predicted octanol–water partition coefficient (Wildman–Crippen LogP) is 4.62. The van der Waals surface area contributed by atoms with Crippen LogP contribution in [0.15, 0.2) is 28.9 Å². The van der Waals surface area contributed by atoms with Gasteiger partial charge in [-0.15, -0.1) is 0 Å². The molecular formula is C21H27BrN4O2. The molecular weight excluding hydrogens is 420 g/mol. The Morgan fingerprint density at radius 1 is 1.14 bits per heavy atom. The van der Waals surface area contributed by atoms with Gasteiger partial charge in [0, 0.05) is 30.7 Å². The summed E-state index contributed by atoms with van der Waals surface area (Å²) in [5.41, 5.74) is 1.63. The second-order valence-corrected chi connectivity index (χ2v) is 9.92. The average molecular weight is 447 g/mol. The number of carbonyl (C=O) groups excluding carboxylic acids is 1. The summed E-state index contributed by atoms with van der Waals surface area (Å²) in [4.78, 5) is 25.9. The van der Waals surface area contributed by atoms with Gasteiger partial charge in [-0.1, -0.05) is 15.9 Å². The van der Waals surface area contributed by atoms with Crippen molar-refractivity contribution in [3.8, 4) is 0 Å². The summed E-state index contributed by atoms with van der Waals surface area (Å²) in [6.45, 7) is 9.22. The fraction of sp³-hybridized carbons (Fsp3) is 0.571. The van der Waals surface area contributed by atoms with E-state index in [1.165, 1.54) is 0 Å². The first-order valence-corrected chi connectivity index (χ1v) is 10.7. The molecule has 0 bridgehead atoms. The number of hydrogen-bond donors (Lipinski definition) is 0. The Morgan fingerprint density at radius 2 is 1.86 bits per heavy atom. The van der Waals surface area contributed by atoms with Crippen LogP contribution in [-0.4, -0.2) is 52.7 Å². The number of halogens is 1. The van der Waals surface area contributed by atoms with Gasteiger partial charge in [0.2, 0.25) is 0 Å². The minimum absolute atomic E-state index is 0.192. The SMILES string of the molecule is CC(C)(C)OC(=O)N1CCC2(CC1)CCN(c1cnc3ccc(Br)cc3n1)C2. The predicted molar refractivity (Wildman–Crippen MR) is 114 cm³/mol. The largest absolute Gasteiger partial charge is 0.444 e. The third-order valence-electron chi connectivity index (χ3n) is 5.73. The Bertz CT molecular complexity index is 888. The number of anilines is 1. The maximum absolute atomic E-state index is 12.3. The first-order chi connectivity index (χ1) is 13.2. The zero-order valence-electron chi connectivity index (χ0n) is 16.7. The van der Waals surface area contributed by atoms with Crippen LogP contribution in [0.25, 0.3) is 11.0 Å². The van der Waals surface area contributed by atoms with Gasteiger partial charge in [-0.05, 0) is 63.6 Å². The van der Waals surface area contributed by atoms with Crippen LogP contribution in [-0.2, 0) is 4.74 Å². The highest BCUT2D eigenvalue weighted by molar-refractivity contribution is 9.10. The number of rotatable bonds is 1. The maximum atomic E-state index is 12.3. The third-order valence-corrected chi connectivity index (χ3v) is 6.22. The molecule has 2 aliphatic rings. The molecule has 2 aromatic rings. The lowest BCUT2D eigenvalue weighted by atomic mass is 9.78. The van der Waals surface area contributed by atoms with Gasteiger partial charge in [-0.2, -0.15) is 0 Å². The molecule has 4 rings (SSSR count). The van der Waals surface area contributed by atoms with Crippen LogP contribution in [0.4, 0.5) is 10.6 Å². The Morgan fingerprint density at radius 3 is 2.57 bits per heavy atom. The fourth-order valence-corrected chi connectivity index (χ4v) is 4.51. The molecule has 2 aliphatic heterocycles. The van der Waals surface area contributed by atoms with E-state index in [1.54, 1.807) is 0 Å². The molecule has 150 valence electrons. The van der Waals surface area contributed by atoms with Crippen molar-refractivity contribution in [2.45, 2.75) is 45.6 Å². The van der Waals surface area contributed by atoms with Gasteiger partial charge in [0.25, 0.3) is 0 Å². The highest BCUT2D eigenvalue weighted by atomic mass is 79.9. The number of benzene rings is 1. The number of likely N-dealkylation sites (tertiary alicyclic amines) is 1. The van der Waals surface area contributed by atoms with Crippen LogP contribution in [0.3, 0.4) is 0 Å². The first kappa shape index (κ1) is 19.4. The van der Waals surface area contributed by atoms with Crippen LogP contribution >= 0.6 is 15.9 Å². The van der Waals surface area contributed by atoms with E-state index in [4.69, 9.17) is 9.72 Å². The Hall–Kier alpha value is -1.89. The van der Waals surface area contributed by atoms with Crippen LogP contribution in [0.1, 0.15) is 40.0 Å². The van der Waals surface area contributed by atoms with Crippen molar-refractivity contribution in [2.75, 3.05) is 31.1 Å². The normalized spacial score (nSPS) is 19.4. The molecule has 1 spiro atoms. The number of aromatic nitrogens is 2. The van der Waals surface area contributed by atoms with E-state index in [-0.39, 0.29) is 11.5 Å². The molecule has 28 heavy (non-hydrogen) atoms. The highest BCUT2D eigenvalue weighted by Crippen LogP contribution is 2.41. The zero-order valence-corrected chi connectivity index (χ0v) is 18.3. The van der Waals surface area contributed by atoms with Crippen LogP contribution in [0.2, 0.25) is 0 Å². The van der Waals surface area contributed by atoms with E-state index >= 15 is 0 Å². The smallest absolute Gasteiger partial charge is 0.410 e. The van der Waals surface area contributed by atoms with Gasteiger partial charge < -0.3 is 14.5 Å². The van der Waals surface area contributed by atoms with Crippen LogP contribution in [0, 0.1) is 5.41 Å². The number of amides is 1. The van der Waals surface area contributed by atoms with E-state index < -0.39 is 5.60 Å². The summed E-state index contributed by atoms with van der Waals surface area (Å²) in [5, 5.41) is 0. The first-order valence-electron chi connectivity index (χ1n) is 9.88. The van der Waals surface area contributed by atoms with Gasteiger partial charge in [0.05, 0.1) is 17.2 Å². The fourth-order valence-electron chi connectivity index (χ4n) is 4.16. The lowest BCUT2D eigenvalue weighted by Crippen LogP contribution is -2.46. The lowest BCUT2D eigenvalue weighted by Gasteiger charge is -2.39. The van der Waals surface area contributed by atoms with Crippen LogP contribution < -0.4 is 4.90 Å². The van der Waals surface area contributed by atoms with Gasteiger partial charge in [0.1, 0.15) is 11.4 Å². The van der Waals surface area contributed by atoms with Crippen molar-refractivity contribution >= 4 is 38.9 Å². The van der Waals surface area contributed by atoms with Gasteiger partial charge >= 0.3 is 6.09 Å². The summed E-state index contributed by atoms with van der Waals surface area (Å²) >= 11 is 3.51. The van der Waals surface area contributed by atoms with Crippen molar-refractivity contribution < 1.29 is 9.53 Å². The number of ether oxygens (including phenoxy) is 1. The van der Waals surface area contributed by atoms with Crippen molar-refractivity contribution in [1.82, 2.24) is 14.9 Å². The Labute approximate surface area is 174 Å². The second-order valence-electron chi connectivity index (χ2n) is 9.00. The highest BCUT2D eigenvalue weighted by Gasteiger charge is 2.42. The number of carbonyl (C=O) groups is 1. The number of piperidine rings is 1. The van der Waals surface area contributed by atoms with Gasteiger partial charge in [-0.25, -0.2) is 9.78 Å². The van der Waals surface area contributed by atoms with E-state index in [0.29, 0.717) is 0 Å². The van der Waals surface area contributed by atoms with Crippen molar-refractivity contribution in [2.24, 2.45) is 5.41 Å². The standard InChI is InChI=1S/C21H27BrN4O2/c1-20(2,3)28-19(27)25-9-6-21(7-10-25)8-11-26(14-21)18-13-23-16-5-4-15(22)12-17(16)24-18/h4-5,12-13H,6-11,14H2,1-3H3. The minimum Gasteiger partial charge on any atom is -0.444 e. The molecule has 2 saturated heterocycles. The number of fused-ring (bicyclic) bond motifs is 1. The summed E-state index contributed by atoms with van der Waals surface area (Å²) in [5.74, 6) is 0.942. The topological polar surface area (TPSA) is 58.6 Å². The number of hydrogen-bond acceptors (Lipinski definition) is 5. The molecule has 7 heteroatoms. The van der Waals surface area contributed by atoms with E-state index in [9.17, 15) is 4.79 Å². The maximum Gasteiger partial charge on any atom is 0.410 e. The van der Waals surface area contributed by atoms with E-state index in [1.807, 2.05) is 50.1 Å². The molecule has 0 atom stereocenters. The van der Waals surface area contributed by atoms with Gasteiger partial charge in [0.15, 0.2) is 0 Å². The van der Waals surface area contributed by atoms with Crippen molar-refractivity contribution in [3.63, 3.8) is 0 Å². The molecule has 0 radical (unpaired) electrons. The molecule has 2 fully saturated rings. The second kappa shape index (κ2) is 7.17. The summed E-state index contributed by atoms with van der Waals surface area (Å²) in [7, 11) is 0. The molecule has 1 aromatic carbocycles. The zero-order chi connectivity index (χ0) is 19.9. The molecule has 0 unspecified atom stereocenters. The van der Waals surface area contributed by atoms with E-state index in [2.05, 4.69) is 25.8 Å². The molecule has 0 N–H and O–H groups in total. The third kappa shape index (κ3) is 4.09. The molecule has 1 amide bonds. The molecule has 0 aliphatic carbocycles. The molecule has 1 aromatic heterocycles. The lowest BCUT2D eigenvalue weighted by molar-refractivity contribution is 0.0122. The Kier molecular flexibility index (Phi) is 4.98. The van der Waals surface area contributed by atoms with Crippen molar-refractivity contribution in [3.05, 3.63) is 28.9 Å². The average Bonchev–Trinajstić information content (AvgIpc) is 3.04. The molecule has 3 heterocycles. The molecule has 6 nitrogen and oxygen atoms in total. The monoisotopic (exact) mass is 446 g/mol. The summed E-state index contributed by atoms with van der Waals surface area (Å²) in [6, 6.07) is 5.98. The van der Waals surface area contributed by atoms with Crippen LogP contribution in [0.5, 0.6) is 0 Å².